The van der Waals surface area contributed by atoms with E-state index in [1.165, 1.54) is 59.5 Å². The van der Waals surface area contributed by atoms with E-state index in [-0.39, 0.29) is 0 Å². The van der Waals surface area contributed by atoms with Crippen molar-refractivity contribution in [3.63, 3.8) is 0 Å². The molecular formula is C59H34N4O. The van der Waals surface area contributed by atoms with Crippen molar-refractivity contribution in [3.8, 4) is 39.9 Å². The van der Waals surface area contributed by atoms with Crippen LogP contribution in [0, 0.1) is 0 Å². The Balaban J connectivity index is 1.04. The zero-order valence-electron chi connectivity index (χ0n) is 34.3. The fourth-order valence-corrected chi connectivity index (χ4v) is 10.1. The van der Waals surface area contributed by atoms with Gasteiger partial charge in [0, 0.05) is 43.7 Å². The molecule has 0 amide bonds. The van der Waals surface area contributed by atoms with E-state index in [0.717, 1.165) is 60.5 Å². The molecule has 3 aromatic heterocycles. The Labute approximate surface area is 366 Å². The molecule has 0 aliphatic carbocycles. The molecule has 11 aromatic carbocycles. The molecule has 3 heterocycles. The minimum absolute atomic E-state index is 0.553. The van der Waals surface area contributed by atoms with Crippen molar-refractivity contribution in [2.24, 2.45) is 0 Å². The molecule has 0 aliphatic rings. The molecule has 5 heteroatoms. The number of para-hydroxylation sites is 1. The second-order valence-electron chi connectivity index (χ2n) is 16.8. The van der Waals surface area contributed by atoms with Crippen molar-refractivity contribution < 1.29 is 4.42 Å². The van der Waals surface area contributed by atoms with Crippen molar-refractivity contribution in [1.82, 2.24) is 19.5 Å². The summed E-state index contributed by atoms with van der Waals surface area (Å²) in [6, 6.07) is 73.5. The fraction of sp³-hybridized carbons (Fsp3) is 0. The van der Waals surface area contributed by atoms with E-state index in [2.05, 4.69) is 180 Å². The van der Waals surface area contributed by atoms with E-state index < -0.39 is 0 Å². The summed E-state index contributed by atoms with van der Waals surface area (Å²) in [5.41, 5.74) is 7.64. The molecular weight excluding hydrogens is 781 g/mol. The minimum Gasteiger partial charge on any atom is -0.455 e. The van der Waals surface area contributed by atoms with E-state index in [1.807, 2.05) is 30.3 Å². The smallest absolute Gasteiger partial charge is 0.167 e. The number of aromatic nitrogens is 4. The largest absolute Gasteiger partial charge is 0.455 e. The van der Waals surface area contributed by atoms with E-state index in [4.69, 9.17) is 19.4 Å². The normalized spacial score (nSPS) is 12.1. The Hall–Kier alpha value is -8.67. The van der Waals surface area contributed by atoms with Gasteiger partial charge in [0.1, 0.15) is 11.2 Å². The molecule has 0 fully saturated rings. The summed E-state index contributed by atoms with van der Waals surface area (Å²) >= 11 is 0. The Kier molecular flexibility index (Phi) is 7.33. The van der Waals surface area contributed by atoms with Gasteiger partial charge in [-0.1, -0.05) is 164 Å². The van der Waals surface area contributed by atoms with Crippen LogP contribution < -0.4 is 0 Å². The van der Waals surface area contributed by atoms with E-state index in [0.29, 0.717) is 17.5 Å². The van der Waals surface area contributed by atoms with Gasteiger partial charge in [-0.3, -0.25) is 0 Å². The van der Waals surface area contributed by atoms with Crippen LogP contribution in [0.15, 0.2) is 211 Å². The molecule has 0 unspecified atom stereocenters. The number of hydrogen-bond donors (Lipinski definition) is 0. The second kappa shape index (κ2) is 13.4. The fourth-order valence-electron chi connectivity index (χ4n) is 10.1. The van der Waals surface area contributed by atoms with Crippen molar-refractivity contribution >= 4 is 97.6 Å². The lowest BCUT2D eigenvalue weighted by molar-refractivity contribution is 0.670. The van der Waals surface area contributed by atoms with E-state index in [1.54, 1.807) is 0 Å². The summed E-state index contributed by atoms with van der Waals surface area (Å²) in [7, 11) is 0. The molecule has 14 rings (SSSR count). The number of fused-ring (bicyclic) bond motifs is 14. The van der Waals surface area contributed by atoms with Gasteiger partial charge in [-0.05, 0) is 90.9 Å². The topological polar surface area (TPSA) is 56.7 Å². The molecule has 0 radical (unpaired) electrons. The van der Waals surface area contributed by atoms with Gasteiger partial charge in [0.25, 0.3) is 0 Å². The first kappa shape index (κ1) is 35.0. The van der Waals surface area contributed by atoms with Crippen molar-refractivity contribution in [3.05, 3.63) is 206 Å². The highest BCUT2D eigenvalue weighted by molar-refractivity contribution is 6.24. The second-order valence-corrected chi connectivity index (χ2v) is 16.8. The van der Waals surface area contributed by atoms with Crippen LogP contribution in [-0.2, 0) is 0 Å². The van der Waals surface area contributed by atoms with Gasteiger partial charge >= 0.3 is 0 Å². The maximum atomic E-state index is 6.91. The third-order valence-electron chi connectivity index (χ3n) is 13.1. The standard InChI is InChI=1S/C59H34N4O/c1-2-14-38(15-3-1)57-60-58(42-25-24-37-23-22-35-12-6-8-18-44(35)48(37)32-42)62-59(61-57)51-31-41-26-28-43(34-49(41)54-47-20-10-11-21-53(47)64-56(51)54)63-52-33-40-17-5-4-16-39(40)30-50(52)46-29-27-36-13-7-9-19-45(36)55(46)63/h1-34H. The first-order valence-corrected chi connectivity index (χ1v) is 21.7. The number of nitrogens with zero attached hydrogens (tertiary/aromatic N) is 4. The van der Waals surface area contributed by atoms with Crippen molar-refractivity contribution in [2.45, 2.75) is 0 Å². The van der Waals surface area contributed by atoms with Gasteiger partial charge in [-0.2, -0.15) is 0 Å². The third-order valence-corrected chi connectivity index (χ3v) is 13.1. The molecule has 0 atom stereocenters. The van der Waals surface area contributed by atoms with Crippen LogP contribution >= 0.6 is 0 Å². The van der Waals surface area contributed by atoms with Gasteiger partial charge in [0.05, 0.1) is 16.6 Å². The average molecular weight is 815 g/mol. The summed E-state index contributed by atoms with van der Waals surface area (Å²) in [6.45, 7) is 0. The molecule has 0 aliphatic heterocycles. The first-order chi connectivity index (χ1) is 31.7. The van der Waals surface area contributed by atoms with Crippen LogP contribution in [0.4, 0.5) is 0 Å². The summed E-state index contributed by atoms with van der Waals surface area (Å²) < 4.78 is 9.37. The quantitative estimate of drug-likeness (QED) is 0.166. The lowest BCUT2D eigenvalue weighted by atomic mass is 9.98. The number of furan rings is 1. The highest BCUT2D eigenvalue weighted by atomic mass is 16.3. The van der Waals surface area contributed by atoms with Gasteiger partial charge in [-0.15, -0.1) is 0 Å². The van der Waals surface area contributed by atoms with Gasteiger partial charge < -0.3 is 8.98 Å². The molecule has 0 saturated carbocycles. The summed E-state index contributed by atoms with van der Waals surface area (Å²) in [5, 5.41) is 16.3. The number of hydrogen-bond acceptors (Lipinski definition) is 4. The van der Waals surface area contributed by atoms with Crippen molar-refractivity contribution in [2.75, 3.05) is 0 Å². The highest BCUT2D eigenvalue weighted by Crippen LogP contribution is 2.44. The maximum Gasteiger partial charge on any atom is 0.167 e. The SMILES string of the molecule is c1ccc(-c2nc(-c3ccc4ccc5ccccc5c4c3)nc(-c3cc4ccc(-n5c6cc7ccccc7cc6c6ccc7ccccc7c65)cc4c4c3oc3ccccc34)n2)cc1. The predicted octanol–water partition coefficient (Wildman–Crippen LogP) is 15.6. The van der Waals surface area contributed by atoms with Gasteiger partial charge in [-0.25, -0.2) is 15.0 Å². The predicted molar refractivity (Wildman–Crippen MR) is 265 cm³/mol. The van der Waals surface area contributed by atoms with E-state index in [9.17, 15) is 0 Å². The zero-order valence-corrected chi connectivity index (χ0v) is 34.3. The molecule has 5 nitrogen and oxygen atoms in total. The Morgan fingerprint density at radius 3 is 1.78 bits per heavy atom. The molecule has 296 valence electrons. The van der Waals surface area contributed by atoms with Gasteiger partial charge in [0.15, 0.2) is 17.5 Å². The number of benzene rings is 11. The van der Waals surface area contributed by atoms with Crippen LogP contribution in [0.3, 0.4) is 0 Å². The number of rotatable bonds is 4. The van der Waals surface area contributed by atoms with E-state index >= 15 is 0 Å². The molecule has 0 N–H and O–H groups in total. The van der Waals surface area contributed by atoms with Crippen LogP contribution in [0.25, 0.3) is 137 Å². The molecule has 64 heavy (non-hydrogen) atoms. The molecule has 14 aromatic rings. The minimum atomic E-state index is 0.553. The lowest BCUT2D eigenvalue weighted by Gasteiger charge is -2.13. The molecule has 0 bridgehead atoms. The Morgan fingerprint density at radius 2 is 0.953 bits per heavy atom. The van der Waals surface area contributed by atoms with Crippen LogP contribution in [0.5, 0.6) is 0 Å². The Bertz CT molecular complexity index is 4260. The molecule has 0 spiro atoms. The van der Waals surface area contributed by atoms with Gasteiger partial charge in [0.2, 0.25) is 0 Å². The average Bonchev–Trinajstić information content (AvgIpc) is 3.91. The van der Waals surface area contributed by atoms with Crippen LogP contribution in [0.1, 0.15) is 0 Å². The third kappa shape index (κ3) is 5.22. The monoisotopic (exact) mass is 814 g/mol. The first-order valence-electron chi connectivity index (χ1n) is 21.7. The molecule has 0 saturated heterocycles. The Morgan fingerprint density at radius 1 is 0.344 bits per heavy atom. The van der Waals surface area contributed by atoms with Crippen LogP contribution in [0.2, 0.25) is 0 Å². The van der Waals surface area contributed by atoms with Crippen LogP contribution in [-0.4, -0.2) is 19.5 Å². The summed E-state index contributed by atoms with van der Waals surface area (Å²) in [5.74, 6) is 1.76. The van der Waals surface area contributed by atoms with Crippen molar-refractivity contribution in [1.29, 1.82) is 0 Å². The summed E-state index contributed by atoms with van der Waals surface area (Å²) in [4.78, 5) is 15.7. The lowest BCUT2D eigenvalue weighted by Crippen LogP contribution is -2.01. The maximum absolute atomic E-state index is 6.91. The zero-order chi connectivity index (χ0) is 41.9. The highest BCUT2D eigenvalue weighted by Gasteiger charge is 2.22. The summed E-state index contributed by atoms with van der Waals surface area (Å²) in [6.07, 6.45) is 0.